The number of carbonyl (C=O) groups is 2. The molecule has 2 saturated heterocycles. The molecule has 148 valence electrons. The number of benzene rings is 1. The maximum absolute atomic E-state index is 12.5. The fourth-order valence-corrected chi connectivity index (χ4v) is 3.66. The van der Waals surface area contributed by atoms with Gasteiger partial charge in [0.1, 0.15) is 6.54 Å². The molecule has 2 aliphatic heterocycles. The van der Waals surface area contributed by atoms with Gasteiger partial charge in [-0.25, -0.2) is 4.79 Å². The number of ether oxygens (including phenoxy) is 1. The summed E-state index contributed by atoms with van der Waals surface area (Å²) in [6.45, 7) is 5.33. The molecule has 0 aromatic heterocycles. The van der Waals surface area contributed by atoms with E-state index in [2.05, 4.69) is 34.5 Å². The lowest BCUT2D eigenvalue weighted by Crippen LogP contribution is -2.57. The van der Waals surface area contributed by atoms with Crippen LogP contribution in [-0.4, -0.2) is 85.7 Å². The van der Waals surface area contributed by atoms with Crippen molar-refractivity contribution < 1.29 is 14.3 Å². The average Bonchev–Trinajstić information content (AvgIpc) is 2.69. The van der Waals surface area contributed by atoms with Crippen molar-refractivity contribution in [2.45, 2.75) is 25.4 Å². The summed E-state index contributed by atoms with van der Waals surface area (Å²) >= 11 is 0. The Balaban J connectivity index is 1.39. The van der Waals surface area contributed by atoms with Crippen molar-refractivity contribution in [3.05, 3.63) is 35.9 Å². The van der Waals surface area contributed by atoms with E-state index in [1.54, 1.807) is 16.9 Å². The summed E-state index contributed by atoms with van der Waals surface area (Å²) in [4.78, 5) is 30.5. The monoisotopic (exact) mass is 374 g/mol. The molecule has 27 heavy (non-hydrogen) atoms. The molecule has 3 amide bonds. The van der Waals surface area contributed by atoms with E-state index < -0.39 is 0 Å². The highest BCUT2D eigenvalue weighted by molar-refractivity contribution is 5.85. The molecule has 0 bridgehead atoms. The molecule has 0 aliphatic carbocycles. The first-order chi connectivity index (χ1) is 13.2. The number of rotatable bonds is 6. The van der Waals surface area contributed by atoms with Gasteiger partial charge < -0.3 is 19.9 Å². The van der Waals surface area contributed by atoms with Crippen molar-refractivity contribution >= 4 is 11.9 Å². The fourth-order valence-electron chi connectivity index (χ4n) is 3.66. The molecule has 7 nitrogen and oxygen atoms in total. The van der Waals surface area contributed by atoms with Gasteiger partial charge in [-0.05, 0) is 18.4 Å². The molecule has 1 aromatic rings. The maximum atomic E-state index is 12.5. The summed E-state index contributed by atoms with van der Waals surface area (Å²) in [5, 5.41) is 3.12. The molecule has 3 rings (SSSR count). The molecule has 1 N–H and O–H groups in total. The van der Waals surface area contributed by atoms with Gasteiger partial charge in [0.15, 0.2) is 0 Å². The Morgan fingerprint density at radius 3 is 2.56 bits per heavy atom. The van der Waals surface area contributed by atoms with E-state index in [0.717, 1.165) is 32.5 Å². The van der Waals surface area contributed by atoms with E-state index >= 15 is 0 Å². The molecule has 0 spiro atoms. The highest BCUT2D eigenvalue weighted by Gasteiger charge is 2.29. The number of methoxy groups -OCH3 is 1. The van der Waals surface area contributed by atoms with E-state index in [-0.39, 0.29) is 24.5 Å². The minimum absolute atomic E-state index is 0.00821. The van der Waals surface area contributed by atoms with Crippen LogP contribution < -0.4 is 5.32 Å². The number of likely N-dealkylation sites (tertiary alicyclic amines) is 1. The van der Waals surface area contributed by atoms with Crippen LogP contribution in [-0.2, 0) is 16.1 Å². The predicted octanol–water partition coefficient (Wildman–Crippen LogP) is 1.15. The molecule has 1 aromatic carbocycles. The van der Waals surface area contributed by atoms with Crippen LogP contribution in [0, 0.1) is 0 Å². The molecule has 0 atom stereocenters. The lowest BCUT2D eigenvalue weighted by Gasteiger charge is -2.36. The predicted molar refractivity (Wildman–Crippen MR) is 103 cm³/mol. The van der Waals surface area contributed by atoms with Crippen LogP contribution in [0.1, 0.15) is 18.4 Å². The first-order valence-corrected chi connectivity index (χ1v) is 9.74. The van der Waals surface area contributed by atoms with E-state index in [1.165, 1.54) is 5.56 Å². The zero-order chi connectivity index (χ0) is 19.1. The van der Waals surface area contributed by atoms with Gasteiger partial charge in [-0.1, -0.05) is 30.3 Å². The van der Waals surface area contributed by atoms with Crippen LogP contribution in [0.25, 0.3) is 0 Å². The molecule has 0 unspecified atom stereocenters. The van der Waals surface area contributed by atoms with Crippen molar-refractivity contribution in [1.29, 1.82) is 0 Å². The number of nitrogens with one attached hydrogen (secondary N) is 1. The Morgan fingerprint density at radius 1 is 1.15 bits per heavy atom. The lowest BCUT2D eigenvalue weighted by atomic mass is 10.0. The molecule has 2 aliphatic rings. The molecule has 7 heteroatoms. The molecule has 0 radical (unpaired) electrons. The van der Waals surface area contributed by atoms with Gasteiger partial charge in [0.2, 0.25) is 5.91 Å². The SMILES string of the molecule is COCCN1CCN(C(=O)NC2CCN(Cc3ccccc3)CC2)CC1=O. The zero-order valence-electron chi connectivity index (χ0n) is 16.1. The quantitative estimate of drug-likeness (QED) is 0.811. The second-order valence-corrected chi connectivity index (χ2v) is 7.28. The third-order valence-corrected chi connectivity index (χ3v) is 5.34. The standard InChI is InChI=1S/C20H30N4O3/c1-27-14-13-23-11-12-24(16-19(23)25)20(26)21-18-7-9-22(10-8-18)15-17-5-3-2-4-6-17/h2-6,18H,7-16H2,1H3,(H,21,26). The van der Waals surface area contributed by atoms with Crippen molar-refractivity contribution in [3.8, 4) is 0 Å². The Bertz CT molecular complexity index is 617. The molecule has 0 saturated carbocycles. The fraction of sp³-hybridized carbons (Fsp3) is 0.600. The van der Waals surface area contributed by atoms with Gasteiger partial charge >= 0.3 is 6.03 Å². The summed E-state index contributed by atoms with van der Waals surface area (Å²) < 4.78 is 5.02. The summed E-state index contributed by atoms with van der Waals surface area (Å²) in [5.41, 5.74) is 1.32. The number of nitrogens with zero attached hydrogens (tertiary/aromatic N) is 3. The van der Waals surface area contributed by atoms with Gasteiger partial charge in [0.25, 0.3) is 0 Å². The number of piperazine rings is 1. The normalized spacial score (nSPS) is 19.4. The topological polar surface area (TPSA) is 65.1 Å². The van der Waals surface area contributed by atoms with Crippen molar-refractivity contribution in [2.75, 3.05) is 53.0 Å². The number of amides is 3. The van der Waals surface area contributed by atoms with E-state index in [1.807, 2.05) is 6.07 Å². The number of hydrogen-bond acceptors (Lipinski definition) is 4. The smallest absolute Gasteiger partial charge is 0.318 e. The van der Waals surface area contributed by atoms with Crippen LogP contribution in [0.4, 0.5) is 4.79 Å². The largest absolute Gasteiger partial charge is 0.383 e. The van der Waals surface area contributed by atoms with Crippen LogP contribution in [0.2, 0.25) is 0 Å². The molecule has 2 fully saturated rings. The number of piperidine rings is 1. The maximum Gasteiger partial charge on any atom is 0.318 e. The molecular weight excluding hydrogens is 344 g/mol. The van der Waals surface area contributed by atoms with Crippen molar-refractivity contribution in [2.24, 2.45) is 0 Å². The van der Waals surface area contributed by atoms with Gasteiger partial charge in [-0.15, -0.1) is 0 Å². The third kappa shape index (κ3) is 5.68. The minimum atomic E-state index is -0.115. The van der Waals surface area contributed by atoms with E-state index in [4.69, 9.17) is 4.74 Å². The second kappa shape index (κ2) is 9.71. The lowest BCUT2D eigenvalue weighted by molar-refractivity contribution is -0.135. The van der Waals surface area contributed by atoms with E-state index in [9.17, 15) is 9.59 Å². The first-order valence-electron chi connectivity index (χ1n) is 9.74. The first kappa shape index (κ1) is 19.6. The Kier molecular flexibility index (Phi) is 7.06. The summed E-state index contributed by atoms with van der Waals surface area (Å²) in [6.07, 6.45) is 1.89. The molecule has 2 heterocycles. The van der Waals surface area contributed by atoms with Crippen LogP contribution in [0.3, 0.4) is 0 Å². The summed E-state index contributed by atoms with van der Waals surface area (Å²) in [7, 11) is 1.62. The van der Waals surface area contributed by atoms with Gasteiger partial charge in [-0.2, -0.15) is 0 Å². The number of carbonyl (C=O) groups excluding carboxylic acids is 2. The van der Waals surface area contributed by atoms with Crippen LogP contribution in [0.15, 0.2) is 30.3 Å². The Morgan fingerprint density at radius 2 is 1.89 bits per heavy atom. The zero-order valence-corrected chi connectivity index (χ0v) is 16.1. The average molecular weight is 374 g/mol. The molecular formula is C20H30N4O3. The summed E-state index contributed by atoms with van der Waals surface area (Å²) in [6, 6.07) is 10.5. The van der Waals surface area contributed by atoms with E-state index in [0.29, 0.717) is 26.2 Å². The van der Waals surface area contributed by atoms with Gasteiger partial charge in [0, 0.05) is 52.4 Å². The van der Waals surface area contributed by atoms with Gasteiger partial charge in [0.05, 0.1) is 6.61 Å². The second-order valence-electron chi connectivity index (χ2n) is 7.28. The number of urea groups is 1. The Labute approximate surface area is 161 Å². The minimum Gasteiger partial charge on any atom is -0.383 e. The highest BCUT2D eigenvalue weighted by atomic mass is 16.5. The van der Waals surface area contributed by atoms with Crippen LogP contribution >= 0.6 is 0 Å². The summed E-state index contributed by atoms with van der Waals surface area (Å²) in [5.74, 6) is -0.00821. The third-order valence-electron chi connectivity index (χ3n) is 5.34. The van der Waals surface area contributed by atoms with Crippen molar-refractivity contribution in [1.82, 2.24) is 20.0 Å². The number of hydrogen-bond donors (Lipinski definition) is 1. The Hall–Kier alpha value is -2.12. The van der Waals surface area contributed by atoms with Gasteiger partial charge in [-0.3, -0.25) is 9.69 Å². The highest BCUT2D eigenvalue weighted by Crippen LogP contribution is 2.14. The van der Waals surface area contributed by atoms with Crippen molar-refractivity contribution in [3.63, 3.8) is 0 Å². The van der Waals surface area contributed by atoms with Crippen LogP contribution in [0.5, 0.6) is 0 Å².